The fraction of sp³-hybridized carbons (Fsp3) is 0.158. The van der Waals surface area contributed by atoms with E-state index < -0.39 is 10.9 Å². The molecule has 144 valence electrons. The third-order valence-electron chi connectivity index (χ3n) is 3.83. The zero-order valence-electron chi connectivity index (χ0n) is 15.0. The molecule has 0 atom stereocenters. The van der Waals surface area contributed by atoms with E-state index in [0.29, 0.717) is 23.0 Å². The molecule has 8 nitrogen and oxygen atoms in total. The highest BCUT2D eigenvalue weighted by atomic mass is 32.1. The summed E-state index contributed by atoms with van der Waals surface area (Å²) in [6, 6.07) is 13.9. The molecule has 1 N–H and O–H groups in total. The Morgan fingerprint density at radius 1 is 1.25 bits per heavy atom. The van der Waals surface area contributed by atoms with Gasteiger partial charge in [0.2, 0.25) is 0 Å². The highest BCUT2D eigenvalue weighted by molar-refractivity contribution is 7.13. The minimum absolute atomic E-state index is 0.104. The van der Waals surface area contributed by atoms with E-state index in [1.807, 2.05) is 30.3 Å². The first-order valence-electron chi connectivity index (χ1n) is 8.28. The van der Waals surface area contributed by atoms with Crippen molar-refractivity contribution in [2.75, 3.05) is 12.4 Å². The molecule has 28 heavy (non-hydrogen) atoms. The molecule has 0 spiro atoms. The standard InChI is InChI=1S/C19H17N3O5S/c1-26-17-8-7-15(22(24)25)9-14(17)11-27-18(23)16-12-28-19(21-16)20-10-13-5-3-2-4-6-13/h2-9,12H,10-11H2,1H3,(H,20,21). The fourth-order valence-corrected chi connectivity index (χ4v) is 3.11. The molecule has 0 aliphatic rings. The number of anilines is 1. The number of nitrogens with zero attached hydrogens (tertiary/aromatic N) is 2. The van der Waals surface area contributed by atoms with Crippen LogP contribution in [0.4, 0.5) is 10.8 Å². The van der Waals surface area contributed by atoms with E-state index in [2.05, 4.69) is 10.3 Å². The number of non-ortho nitro benzene ring substituents is 1. The predicted molar refractivity (Wildman–Crippen MR) is 105 cm³/mol. The van der Waals surface area contributed by atoms with Gasteiger partial charge in [-0.2, -0.15) is 0 Å². The molecule has 0 aliphatic heterocycles. The Balaban J connectivity index is 1.60. The third-order valence-corrected chi connectivity index (χ3v) is 4.63. The number of hydrogen-bond donors (Lipinski definition) is 1. The number of carbonyl (C=O) groups excluding carboxylic acids is 1. The molecule has 0 fully saturated rings. The van der Waals surface area contributed by atoms with E-state index in [1.54, 1.807) is 5.38 Å². The summed E-state index contributed by atoms with van der Waals surface area (Å²) in [5, 5.41) is 16.3. The number of carbonyl (C=O) groups is 1. The first kappa shape index (κ1) is 19.3. The van der Waals surface area contributed by atoms with Crippen molar-refractivity contribution >= 4 is 28.1 Å². The van der Waals surface area contributed by atoms with Crippen LogP contribution >= 0.6 is 11.3 Å². The molecule has 3 aromatic rings. The molecule has 0 aliphatic carbocycles. The SMILES string of the molecule is COc1ccc([N+](=O)[O-])cc1COC(=O)c1csc(NCc2ccccc2)n1. The fourth-order valence-electron chi connectivity index (χ4n) is 2.43. The van der Waals surface area contributed by atoms with Crippen LogP contribution in [0.2, 0.25) is 0 Å². The van der Waals surface area contributed by atoms with E-state index in [-0.39, 0.29) is 18.0 Å². The second-order valence-corrected chi connectivity index (χ2v) is 6.56. The van der Waals surface area contributed by atoms with Gasteiger partial charge in [-0.05, 0) is 11.6 Å². The van der Waals surface area contributed by atoms with Gasteiger partial charge < -0.3 is 14.8 Å². The molecule has 1 aromatic heterocycles. The second-order valence-electron chi connectivity index (χ2n) is 5.71. The molecule has 1 heterocycles. The number of benzene rings is 2. The van der Waals surface area contributed by atoms with Crippen LogP contribution in [0.3, 0.4) is 0 Å². The first-order chi connectivity index (χ1) is 13.6. The number of rotatable bonds is 8. The normalized spacial score (nSPS) is 10.3. The van der Waals surface area contributed by atoms with Crippen LogP contribution in [-0.2, 0) is 17.9 Å². The summed E-state index contributed by atoms with van der Waals surface area (Å²) in [7, 11) is 1.44. The summed E-state index contributed by atoms with van der Waals surface area (Å²) in [6.45, 7) is 0.432. The Bertz CT molecular complexity index is 975. The van der Waals surface area contributed by atoms with Crippen molar-refractivity contribution in [2.24, 2.45) is 0 Å². The topological polar surface area (TPSA) is 104 Å². The Morgan fingerprint density at radius 2 is 2.04 bits per heavy atom. The summed E-state index contributed by atoms with van der Waals surface area (Å²) >= 11 is 1.30. The molecule has 0 amide bonds. The van der Waals surface area contributed by atoms with Crippen molar-refractivity contribution in [3.63, 3.8) is 0 Å². The van der Waals surface area contributed by atoms with Gasteiger partial charge in [0.1, 0.15) is 12.4 Å². The molecular weight excluding hydrogens is 382 g/mol. The molecule has 3 rings (SSSR count). The van der Waals surface area contributed by atoms with Crippen molar-refractivity contribution in [2.45, 2.75) is 13.2 Å². The number of nitro benzene ring substituents is 1. The van der Waals surface area contributed by atoms with Gasteiger partial charge in [0.05, 0.1) is 12.0 Å². The first-order valence-corrected chi connectivity index (χ1v) is 9.16. The Morgan fingerprint density at radius 3 is 2.75 bits per heavy atom. The van der Waals surface area contributed by atoms with E-state index in [0.717, 1.165) is 5.56 Å². The number of nitrogens with one attached hydrogen (secondary N) is 1. The zero-order valence-corrected chi connectivity index (χ0v) is 15.8. The van der Waals surface area contributed by atoms with E-state index in [9.17, 15) is 14.9 Å². The van der Waals surface area contributed by atoms with Gasteiger partial charge in [-0.3, -0.25) is 10.1 Å². The van der Waals surface area contributed by atoms with Gasteiger partial charge in [0, 0.05) is 29.6 Å². The van der Waals surface area contributed by atoms with Crippen LogP contribution in [0.25, 0.3) is 0 Å². The van der Waals surface area contributed by atoms with Gasteiger partial charge in [-0.15, -0.1) is 11.3 Å². The van der Waals surface area contributed by atoms with Crippen LogP contribution in [-0.4, -0.2) is 23.0 Å². The monoisotopic (exact) mass is 399 g/mol. The molecular formula is C19H17N3O5S. The van der Waals surface area contributed by atoms with Gasteiger partial charge in [0.25, 0.3) is 5.69 Å². The van der Waals surface area contributed by atoms with Crippen LogP contribution in [0.1, 0.15) is 21.6 Å². The largest absolute Gasteiger partial charge is 0.496 e. The van der Waals surface area contributed by atoms with Crippen LogP contribution in [0, 0.1) is 10.1 Å². The Labute approximate surface area is 164 Å². The van der Waals surface area contributed by atoms with Crippen LogP contribution < -0.4 is 10.1 Å². The van der Waals surface area contributed by atoms with Gasteiger partial charge >= 0.3 is 5.97 Å². The van der Waals surface area contributed by atoms with Crippen molar-refractivity contribution in [1.29, 1.82) is 0 Å². The summed E-state index contributed by atoms with van der Waals surface area (Å²) in [6.07, 6.45) is 0. The van der Waals surface area contributed by atoms with Crippen LogP contribution in [0.15, 0.2) is 53.9 Å². The lowest BCUT2D eigenvalue weighted by Gasteiger charge is -2.08. The number of methoxy groups -OCH3 is 1. The lowest BCUT2D eigenvalue weighted by molar-refractivity contribution is -0.385. The molecule has 2 aromatic carbocycles. The second kappa shape index (κ2) is 8.96. The number of ether oxygens (including phenoxy) is 2. The average molecular weight is 399 g/mol. The van der Waals surface area contributed by atoms with E-state index in [4.69, 9.17) is 9.47 Å². The smallest absolute Gasteiger partial charge is 0.358 e. The van der Waals surface area contributed by atoms with Crippen molar-refractivity contribution in [3.05, 3.63) is 80.8 Å². The minimum Gasteiger partial charge on any atom is -0.496 e. The third kappa shape index (κ3) is 4.83. The molecule has 0 bridgehead atoms. The molecule has 0 saturated heterocycles. The lowest BCUT2D eigenvalue weighted by atomic mass is 10.2. The quantitative estimate of drug-likeness (QED) is 0.346. The van der Waals surface area contributed by atoms with Gasteiger partial charge in [-0.25, -0.2) is 9.78 Å². The van der Waals surface area contributed by atoms with Crippen LogP contribution in [0.5, 0.6) is 5.75 Å². The molecule has 0 radical (unpaired) electrons. The summed E-state index contributed by atoms with van der Waals surface area (Å²) < 4.78 is 10.4. The number of esters is 1. The van der Waals surface area contributed by atoms with Crippen molar-refractivity contribution in [1.82, 2.24) is 4.98 Å². The van der Waals surface area contributed by atoms with Gasteiger partial charge in [-0.1, -0.05) is 30.3 Å². The maximum Gasteiger partial charge on any atom is 0.358 e. The average Bonchev–Trinajstić information content (AvgIpc) is 3.20. The predicted octanol–water partition coefficient (Wildman–Crippen LogP) is 4.03. The number of nitro groups is 1. The summed E-state index contributed by atoms with van der Waals surface area (Å²) in [5.74, 6) is -0.209. The molecule has 9 heteroatoms. The van der Waals surface area contributed by atoms with Crippen molar-refractivity contribution in [3.8, 4) is 5.75 Å². The Kier molecular flexibility index (Phi) is 6.18. The number of thiazole rings is 1. The van der Waals surface area contributed by atoms with Gasteiger partial charge in [0.15, 0.2) is 10.8 Å². The van der Waals surface area contributed by atoms with E-state index >= 15 is 0 Å². The number of aromatic nitrogens is 1. The maximum atomic E-state index is 12.2. The zero-order chi connectivity index (χ0) is 19.9. The highest BCUT2D eigenvalue weighted by Crippen LogP contribution is 2.25. The van der Waals surface area contributed by atoms with E-state index in [1.165, 1.54) is 36.6 Å². The minimum atomic E-state index is -0.613. The number of hydrogen-bond acceptors (Lipinski definition) is 8. The lowest BCUT2D eigenvalue weighted by Crippen LogP contribution is -2.07. The highest BCUT2D eigenvalue weighted by Gasteiger charge is 2.16. The van der Waals surface area contributed by atoms with Crippen molar-refractivity contribution < 1.29 is 19.2 Å². The Hall–Kier alpha value is -3.46. The summed E-state index contributed by atoms with van der Waals surface area (Å²) in [5.41, 5.74) is 1.57. The molecule has 0 saturated carbocycles. The summed E-state index contributed by atoms with van der Waals surface area (Å²) in [4.78, 5) is 26.9. The molecule has 0 unspecified atom stereocenters. The maximum absolute atomic E-state index is 12.2.